The van der Waals surface area contributed by atoms with Gasteiger partial charge in [0.25, 0.3) is 0 Å². The molecular formula is C15H13Cl2FO. The Kier molecular flexibility index (Phi) is 4.67. The van der Waals surface area contributed by atoms with Gasteiger partial charge in [0, 0.05) is 10.6 Å². The zero-order valence-corrected chi connectivity index (χ0v) is 11.9. The SMILES string of the molecule is Cc1cc(F)ccc1COc1ccc(Cl)cc1CCl. The number of ether oxygens (including phenoxy) is 1. The quantitative estimate of drug-likeness (QED) is 0.713. The predicted octanol–water partition coefficient (Wildman–Crippen LogP) is 5.11. The predicted molar refractivity (Wildman–Crippen MR) is 76.5 cm³/mol. The summed E-state index contributed by atoms with van der Waals surface area (Å²) in [5, 5.41) is 0.626. The van der Waals surface area contributed by atoms with Crippen LogP contribution in [0.3, 0.4) is 0 Å². The lowest BCUT2D eigenvalue weighted by Crippen LogP contribution is -2.00. The largest absolute Gasteiger partial charge is 0.489 e. The first kappa shape index (κ1) is 14.2. The Balaban J connectivity index is 2.14. The van der Waals surface area contributed by atoms with Gasteiger partial charge < -0.3 is 4.74 Å². The lowest BCUT2D eigenvalue weighted by Gasteiger charge is -2.12. The molecule has 2 rings (SSSR count). The second-order valence-electron chi connectivity index (χ2n) is 4.25. The van der Waals surface area contributed by atoms with E-state index in [0.29, 0.717) is 23.3 Å². The van der Waals surface area contributed by atoms with Crippen LogP contribution in [-0.4, -0.2) is 0 Å². The smallest absolute Gasteiger partial charge is 0.124 e. The van der Waals surface area contributed by atoms with Gasteiger partial charge in [0.2, 0.25) is 0 Å². The monoisotopic (exact) mass is 298 g/mol. The van der Waals surface area contributed by atoms with Crippen molar-refractivity contribution in [3.63, 3.8) is 0 Å². The molecule has 1 nitrogen and oxygen atoms in total. The van der Waals surface area contributed by atoms with Crippen LogP contribution in [0.15, 0.2) is 36.4 Å². The summed E-state index contributed by atoms with van der Waals surface area (Å²) in [6.07, 6.45) is 0. The second kappa shape index (κ2) is 6.27. The molecule has 0 aliphatic carbocycles. The molecule has 0 unspecified atom stereocenters. The van der Waals surface area contributed by atoms with Gasteiger partial charge >= 0.3 is 0 Å². The van der Waals surface area contributed by atoms with Crippen LogP contribution >= 0.6 is 23.2 Å². The van der Waals surface area contributed by atoms with Crippen molar-refractivity contribution < 1.29 is 9.13 Å². The molecule has 0 heterocycles. The van der Waals surface area contributed by atoms with Crippen molar-refractivity contribution in [3.05, 3.63) is 63.9 Å². The Bertz CT molecular complexity index is 584. The van der Waals surface area contributed by atoms with Gasteiger partial charge in [-0.05, 0) is 48.4 Å². The number of benzene rings is 2. The van der Waals surface area contributed by atoms with Crippen LogP contribution in [0, 0.1) is 12.7 Å². The number of hydrogen-bond donors (Lipinski definition) is 0. The van der Waals surface area contributed by atoms with Crippen molar-refractivity contribution in [1.82, 2.24) is 0 Å². The second-order valence-corrected chi connectivity index (χ2v) is 4.95. The molecule has 4 heteroatoms. The van der Waals surface area contributed by atoms with Gasteiger partial charge in [-0.3, -0.25) is 0 Å². The zero-order valence-electron chi connectivity index (χ0n) is 10.4. The molecule has 0 saturated carbocycles. The van der Waals surface area contributed by atoms with E-state index >= 15 is 0 Å². The Labute approximate surface area is 121 Å². The molecule has 2 aromatic carbocycles. The van der Waals surface area contributed by atoms with Crippen LogP contribution in [0.5, 0.6) is 5.75 Å². The summed E-state index contributed by atoms with van der Waals surface area (Å²) in [5.41, 5.74) is 2.65. The van der Waals surface area contributed by atoms with Crippen LogP contribution in [0.25, 0.3) is 0 Å². The summed E-state index contributed by atoms with van der Waals surface area (Å²) in [6, 6.07) is 9.96. The van der Waals surface area contributed by atoms with Crippen molar-refractivity contribution in [3.8, 4) is 5.75 Å². The maximum absolute atomic E-state index is 13.0. The van der Waals surface area contributed by atoms with Crippen molar-refractivity contribution in [2.45, 2.75) is 19.4 Å². The number of hydrogen-bond acceptors (Lipinski definition) is 1. The minimum atomic E-state index is -0.241. The molecule has 0 saturated heterocycles. The van der Waals surface area contributed by atoms with Crippen LogP contribution < -0.4 is 4.74 Å². The number of alkyl halides is 1. The molecule has 19 heavy (non-hydrogen) atoms. The average molecular weight is 299 g/mol. The normalized spacial score (nSPS) is 10.5. The fourth-order valence-electron chi connectivity index (χ4n) is 1.77. The Morgan fingerprint density at radius 3 is 2.58 bits per heavy atom. The summed E-state index contributed by atoms with van der Waals surface area (Å²) < 4.78 is 18.7. The van der Waals surface area contributed by atoms with E-state index in [1.165, 1.54) is 12.1 Å². The van der Waals surface area contributed by atoms with Gasteiger partial charge in [-0.2, -0.15) is 0 Å². The summed E-state index contributed by atoms with van der Waals surface area (Å²) in [5.74, 6) is 0.787. The molecule has 0 aromatic heterocycles. The van der Waals surface area contributed by atoms with Crippen molar-refractivity contribution in [1.29, 1.82) is 0 Å². The summed E-state index contributed by atoms with van der Waals surface area (Å²) in [7, 11) is 0. The molecule has 0 aliphatic rings. The first-order chi connectivity index (χ1) is 9.10. The fourth-order valence-corrected chi connectivity index (χ4v) is 2.17. The van der Waals surface area contributed by atoms with Gasteiger partial charge in [-0.15, -0.1) is 11.6 Å². The highest BCUT2D eigenvalue weighted by Gasteiger charge is 2.06. The third kappa shape index (κ3) is 3.62. The molecule has 100 valence electrons. The molecule has 0 fully saturated rings. The van der Waals surface area contributed by atoms with Gasteiger partial charge in [0.15, 0.2) is 0 Å². The standard InChI is InChI=1S/C15H13Cl2FO/c1-10-6-14(18)4-2-11(10)9-19-15-5-3-13(17)7-12(15)8-16/h2-7H,8-9H2,1H3. The zero-order chi connectivity index (χ0) is 13.8. The molecule has 2 aromatic rings. The van der Waals surface area contributed by atoms with Crippen LogP contribution in [0.4, 0.5) is 4.39 Å². The molecule has 0 bridgehead atoms. The van der Waals surface area contributed by atoms with Gasteiger partial charge in [-0.1, -0.05) is 17.7 Å². The summed E-state index contributed by atoms with van der Waals surface area (Å²) in [6.45, 7) is 2.23. The lowest BCUT2D eigenvalue weighted by atomic mass is 10.1. The lowest BCUT2D eigenvalue weighted by molar-refractivity contribution is 0.303. The minimum absolute atomic E-state index is 0.241. The Hall–Kier alpha value is -1.25. The molecule has 0 spiro atoms. The summed E-state index contributed by atoms with van der Waals surface area (Å²) in [4.78, 5) is 0. The first-order valence-corrected chi connectivity index (χ1v) is 6.73. The molecule has 0 aliphatic heterocycles. The third-order valence-corrected chi connectivity index (χ3v) is 3.38. The van der Waals surface area contributed by atoms with Gasteiger partial charge in [0.1, 0.15) is 18.2 Å². The van der Waals surface area contributed by atoms with E-state index in [0.717, 1.165) is 16.7 Å². The Morgan fingerprint density at radius 1 is 1.11 bits per heavy atom. The van der Waals surface area contributed by atoms with Crippen LogP contribution in [-0.2, 0) is 12.5 Å². The molecule has 0 radical (unpaired) electrons. The van der Waals surface area contributed by atoms with Crippen molar-refractivity contribution in [2.24, 2.45) is 0 Å². The van der Waals surface area contributed by atoms with Crippen LogP contribution in [0.1, 0.15) is 16.7 Å². The third-order valence-electron chi connectivity index (χ3n) is 2.85. The molecule has 0 amide bonds. The highest BCUT2D eigenvalue weighted by molar-refractivity contribution is 6.30. The molecule has 0 atom stereocenters. The first-order valence-electron chi connectivity index (χ1n) is 5.82. The van der Waals surface area contributed by atoms with E-state index in [4.69, 9.17) is 27.9 Å². The maximum Gasteiger partial charge on any atom is 0.124 e. The van der Waals surface area contributed by atoms with E-state index < -0.39 is 0 Å². The minimum Gasteiger partial charge on any atom is -0.489 e. The van der Waals surface area contributed by atoms with E-state index in [1.54, 1.807) is 24.3 Å². The van der Waals surface area contributed by atoms with Crippen molar-refractivity contribution >= 4 is 23.2 Å². The van der Waals surface area contributed by atoms with Gasteiger partial charge in [-0.25, -0.2) is 4.39 Å². The van der Waals surface area contributed by atoms with Gasteiger partial charge in [0.05, 0.1) is 5.88 Å². The highest BCUT2D eigenvalue weighted by Crippen LogP contribution is 2.25. The van der Waals surface area contributed by atoms with E-state index in [9.17, 15) is 4.39 Å². The maximum atomic E-state index is 13.0. The highest BCUT2D eigenvalue weighted by atomic mass is 35.5. The number of aryl methyl sites for hydroxylation is 1. The van der Waals surface area contributed by atoms with E-state index in [-0.39, 0.29) is 5.82 Å². The Morgan fingerprint density at radius 2 is 1.89 bits per heavy atom. The van der Waals surface area contributed by atoms with Crippen LogP contribution in [0.2, 0.25) is 5.02 Å². The number of rotatable bonds is 4. The summed E-state index contributed by atoms with van der Waals surface area (Å²) >= 11 is 11.7. The number of halogens is 3. The molecule has 0 N–H and O–H groups in total. The topological polar surface area (TPSA) is 9.23 Å². The van der Waals surface area contributed by atoms with Crippen molar-refractivity contribution in [2.75, 3.05) is 0 Å². The molecular weight excluding hydrogens is 286 g/mol. The fraction of sp³-hybridized carbons (Fsp3) is 0.200. The van der Waals surface area contributed by atoms with E-state index in [2.05, 4.69) is 0 Å². The van der Waals surface area contributed by atoms with E-state index in [1.807, 2.05) is 6.92 Å². The average Bonchev–Trinajstić information content (AvgIpc) is 2.39.